The zero-order chi connectivity index (χ0) is 14.4. The van der Waals surface area contributed by atoms with Crippen molar-refractivity contribution >= 4 is 29.9 Å². The van der Waals surface area contributed by atoms with Crippen molar-refractivity contribution in [1.82, 2.24) is 5.32 Å². The van der Waals surface area contributed by atoms with Gasteiger partial charge in [0, 0.05) is 12.1 Å². The summed E-state index contributed by atoms with van der Waals surface area (Å²) in [5, 5.41) is 3.10. The maximum atomic E-state index is 5.75. The van der Waals surface area contributed by atoms with Crippen LogP contribution >= 0.6 is 24.0 Å². The van der Waals surface area contributed by atoms with Gasteiger partial charge in [-0.3, -0.25) is 0 Å². The van der Waals surface area contributed by atoms with Gasteiger partial charge in [0.25, 0.3) is 0 Å². The summed E-state index contributed by atoms with van der Waals surface area (Å²) in [6.07, 6.45) is 1.00. The number of rotatable bonds is 6. The molecule has 1 aliphatic rings. The second kappa shape index (κ2) is 8.81. The summed E-state index contributed by atoms with van der Waals surface area (Å²) in [5.41, 5.74) is 5.75. The lowest BCUT2D eigenvalue weighted by molar-refractivity contribution is 0.174. The van der Waals surface area contributed by atoms with Crippen molar-refractivity contribution in [3.8, 4) is 17.2 Å². The smallest absolute Gasteiger partial charge is 0.231 e. The first-order valence-corrected chi connectivity index (χ1v) is 6.78. The second-order valence-electron chi connectivity index (χ2n) is 4.58. The molecule has 3 N–H and O–H groups in total. The molecule has 0 aliphatic carbocycles. The molecule has 0 fully saturated rings. The van der Waals surface area contributed by atoms with Crippen LogP contribution in [0.5, 0.6) is 17.2 Å². The molecular formula is C14H22IN3O3. The molecule has 118 valence electrons. The number of aliphatic imine (C=N–C) groups is 1. The lowest BCUT2D eigenvalue weighted by atomic mass is 10.3. The van der Waals surface area contributed by atoms with E-state index in [-0.39, 0.29) is 30.8 Å². The molecule has 0 saturated heterocycles. The maximum absolute atomic E-state index is 5.75. The fraction of sp³-hybridized carbons (Fsp3) is 0.500. The van der Waals surface area contributed by atoms with E-state index < -0.39 is 0 Å². The number of nitrogens with one attached hydrogen (secondary N) is 1. The monoisotopic (exact) mass is 407 g/mol. The van der Waals surface area contributed by atoms with Crippen molar-refractivity contribution in [1.29, 1.82) is 0 Å². The third kappa shape index (κ3) is 5.49. The number of ether oxygens (including phenoxy) is 3. The molecule has 0 aromatic heterocycles. The van der Waals surface area contributed by atoms with Crippen LogP contribution in [0.1, 0.15) is 20.3 Å². The molecule has 1 aliphatic heterocycles. The molecule has 0 spiro atoms. The van der Waals surface area contributed by atoms with Gasteiger partial charge in [-0.1, -0.05) is 6.92 Å². The number of benzene rings is 1. The van der Waals surface area contributed by atoms with Crippen molar-refractivity contribution in [2.24, 2.45) is 10.7 Å². The molecule has 1 aromatic carbocycles. The fourth-order valence-electron chi connectivity index (χ4n) is 1.70. The van der Waals surface area contributed by atoms with Gasteiger partial charge in [-0.15, -0.1) is 24.0 Å². The first-order valence-electron chi connectivity index (χ1n) is 6.78. The quantitative estimate of drug-likeness (QED) is 0.327. The van der Waals surface area contributed by atoms with Crippen LogP contribution < -0.4 is 25.3 Å². The predicted molar refractivity (Wildman–Crippen MR) is 92.9 cm³/mol. The summed E-state index contributed by atoms with van der Waals surface area (Å²) in [6.45, 7) is 5.38. The van der Waals surface area contributed by atoms with Crippen LogP contribution in [-0.2, 0) is 0 Å². The molecule has 2 rings (SSSR count). The molecular weight excluding hydrogens is 385 g/mol. The second-order valence-corrected chi connectivity index (χ2v) is 4.58. The lowest BCUT2D eigenvalue weighted by Gasteiger charge is -2.11. The Morgan fingerprint density at radius 2 is 2.19 bits per heavy atom. The minimum absolute atomic E-state index is 0. The van der Waals surface area contributed by atoms with Crippen LogP contribution in [0.3, 0.4) is 0 Å². The third-order valence-corrected chi connectivity index (χ3v) is 2.99. The highest BCUT2D eigenvalue weighted by Gasteiger charge is 2.13. The zero-order valence-corrected chi connectivity index (χ0v) is 14.6. The molecule has 1 heterocycles. The van der Waals surface area contributed by atoms with E-state index in [2.05, 4.69) is 24.2 Å². The standard InChI is InChI=1S/C14H21N3O3.HI/c1-3-10(2)17-14(15)16-6-7-18-11-4-5-12-13(8-11)20-9-19-12;/h4-5,8,10H,3,6-7,9H2,1-2H3,(H3,15,16,17);1H. The van der Waals surface area contributed by atoms with E-state index in [1.165, 1.54) is 0 Å². The van der Waals surface area contributed by atoms with E-state index in [0.29, 0.717) is 30.9 Å². The number of hydrogen-bond acceptors (Lipinski definition) is 4. The molecule has 21 heavy (non-hydrogen) atoms. The Balaban J connectivity index is 0.00000220. The Morgan fingerprint density at radius 3 is 2.95 bits per heavy atom. The van der Waals surface area contributed by atoms with Crippen LogP contribution in [0.2, 0.25) is 0 Å². The summed E-state index contributed by atoms with van der Waals surface area (Å²) in [6, 6.07) is 5.82. The third-order valence-electron chi connectivity index (χ3n) is 2.99. The van der Waals surface area contributed by atoms with E-state index in [9.17, 15) is 0 Å². The number of fused-ring (bicyclic) bond motifs is 1. The van der Waals surface area contributed by atoms with Gasteiger partial charge in [-0.05, 0) is 25.5 Å². The highest BCUT2D eigenvalue weighted by Crippen LogP contribution is 2.34. The van der Waals surface area contributed by atoms with Crippen LogP contribution in [-0.4, -0.2) is 31.9 Å². The first kappa shape index (κ1) is 17.7. The molecule has 1 aromatic rings. The number of hydrogen-bond donors (Lipinski definition) is 2. The molecule has 0 bridgehead atoms. The Kier molecular flexibility index (Phi) is 7.41. The van der Waals surface area contributed by atoms with Crippen molar-refractivity contribution in [2.75, 3.05) is 19.9 Å². The van der Waals surface area contributed by atoms with Gasteiger partial charge in [0.05, 0.1) is 6.54 Å². The van der Waals surface area contributed by atoms with Crippen LogP contribution in [0, 0.1) is 0 Å². The zero-order valence-electron chi connectivity index (χ0n) is 12.3. The summed E-state index contributed by atoms with van der Waals surface area (Å²) in [5.74, 6) is 2.65. The maximum Gasteiger partial charge on any atom is 0.231 e. The highest BCUT2D eigenvalue weighted by atomic mass is 127. The summed E-state index contributed by atoms with van der Waals surface area (Å²) in [4.78, 5) is 4.20. The van der Waals surface area contributed by atoms with Gasteiger partial charge < -0.3 is 25.3 Å². The number of halogens is 1. The van der Waals surface area contributed by atoms with Crippen LogP contribution in [0.15, 0.2) is 23.2 Å². The first-order chi connectivity index (χ1) is 9.69. The summed E-state index contributed by atoms with van der Waals surface area (Å²) in [7, 11) is 0. The number of guanidine groups is 1. The number of nitrogens with zero attached hydrogens (tertiary/aromatic N) is 1. The Labute approximate surface area is 142 Å². The lowest BCUT2D eigenvalue weighted by Crippen LogP contribution is -2.38. The topological polar surface area (TPSA) is 78.1 Å². The Morgan fingerprint density at radius 1 is 1.43 bits per heavy atom. The van der Waals surface area contributed by atoms with Gasteiger partial charge in [0.1, 0.15) is 12.4 Å². The van der Waals surface area contributed by atoms with E-state index in [1.807, 2.05) is 18.2 Å². The van der Waals surface area contributed by atoms with Crippen molar-refractivity contribution in [3.05, 3.63) is 18.2 Å². The van der Waals surface area contributed by atoms with Gasteiger partial charge in [-0.25, -0.2) is 4.99 Å². The molecule has 0 amide bonds. The normalized spacial score (nSPS) is 14.3. The minimum Gasteiger partial charge on any atom is -0.492 e. The van der Waals surface area contributed by atoms with Gasteiger partial charge in [0.2, 0.25) is 6.79 Å². The molecule has 6 nitrogen and oxygen atoms in total. The van der Waals surface area contributed by atoms with E-state index in [0.717, 1.165) is 17.9 Å². The van der Waals surface area contributed by atoms with Crippen molar-refractivity contribution in [2.45, 2.75) is 26.3 Å². The summed E-state index contributed by atoms with van der Waals surface area (Å²) < 4.78 is 16.1. The van der Waals surface area contributed by atoms with Crippen molar-refractivity contribution < 1.29 is 14.2 Å². The molecule has 0 radical (unpaired) electrons. The fourth-order valence-corrected chi connectivity index (χ4v) is 1.70. The average molecular weight is 407 g/mol. The van der Waals surface area contributed by atoms with Crippen molar-refractivity contribution in [3.63, 3.8) is 0 Å². The van der Waals surface area contributed by atoms with Crippen LogP contribution in [0.25, 0.3) is 0 Å². The molecule has 7 heteroatoms. The molecule has 1 unspecified atom stereocenters. The summed E-state index contributed by atoms with van der Waals surface area (Å²) >= 11 is 0. The minimum atomic E-state index is 0. The largest absolute Gasteiger partial charge is 0.492 e. The van der Waals surface area contributed by atoms with Gasteiger partial charge in [-0.2, -0.15) is 0 Å². The van der Waals surface area contributed by atoms with E-state index in [1.54, 1.807) is 0 Å². The van der Waals surface area contributed by atoms with Gasteiger partial charge in [0.15, 0.2) is 17.5 Å². The Hall–Kier alpha value is -1.38. The van der Waals surface area contributed by atoms with Gasteiger partial charge >= 0.3 is 0 Å². The predicted octanol–water partition coefficient (Wildman–Crippen LogP) is 2.11. The van der Waals surface area contributed by atoms with E-state index in [4.69, 9.17) is 19.9 Å². The average Bonchev–Trinajstić information content (AvgIpc) is 2.91. The van der Waals surface area contributed by atoms with E-state index >= 15 is 0 Å². The molecule has 0 saturated carbocycles. The Bertz CT molecular complexity index is 483. The molecule has 1 atom stereocenters. The SMILES string of the molecule is CCC(C)NC(N)=NCCOc1ccc2c(c1)OCO2.I. The highest BCUT2D eigenvalue weighted by molar-refractivity contribution is 14.0. The number of nitrogens with two attached hydrogens (primary N) is 1. The van der Waals surface area contributed by atoms with Crippen LogP contribution in [0.4, 0.5) is 0 Å².